The maximum absolute atomic E-state index is 10.7. The van der Waals surface area contributed by atoms with Gasteiger partial charge in [-0.1, -0.05) is 18.2 Å². The summed E-state index contributed by atoms with van der Waals surface area (Å²) in [6.07, 6.45) is 2.80. The van der Waals surface area contributed by atoms with Crippen molar-refractivity contribution in [2.24, 2.45) is 0 Å². The first-order valence-corrected chi connectivity index (χ1v) is 4.22. The van der Waals surface area contributed by atoms with Gasteiger partial charge in [-0.25, -0.2) is 4.79 Å². The third-order valence-electron chi connectivity index (χ3n) is 1.61. The molecule has 0 heterocycles. The summed E-state index contributed by atoms with van der Waals surface area (Å²) in [5.41, 5.74) is 0.789. The van der Waals surface area contributed by atoms with E-state index < -0.39 is 5.97 Å². The van der Waals surface area contributed by atoms with Gasteiger partial charge in [-0.15, -0.1) is 0 Å². The van der Waals surface area contributed by atoms with Gasteiger partial charge in [0.1, 0.15) is 17.6 Å². The van der Waals surface area contributed by atoms with Crippen LogP contribution in [0, 0.1) is 0 Å². The highest BCUT2D eigenvalue weighted by Crippen LogP contribution is 2.18. The van der Waals surface area contributed by atoms with E-state index in [1.54, 1.807) is 19.3 Å². The molecule has 0 saturated heterocycles. The molecule has 1 aromatic carbocycles. The van der Waals surface area contributed by atoms with Gasteiger partial charge in [-0.05, 0) is 12.1 Å². The van der Waals surface area contributed by atoms with Gasteiger partial charge in [-0.2, -0.15) is 0 Å². The van der Waals surface area contributed by atoms with Crippen LogP contribution in [0.4, 0.5) is 0 Å². The predicted octanol–water partition coefficient (Wildman–Crippen LogP) is 2.41. The van der Waals surface area contributed by atoms with Gasteiger partial charge in [0.05, 0.1) is 7.11 Å². The fourth-order valence-electron chi connectivity index (χ4n) is 0.988. The first kappa shape index (κ1) is 10.6. The van der Waals surface area contributed by atoms with Crippen LogP contribution in [-0.2, 0) is 9.08 Å². The van der Waals surface area contributed by atoms with Crippen LogP contribution in [0.5, 0.6) is 5.75 Å². The van der Waals surface area contributed by atoms with Crippen molar-refractivity contribution in [1.29, 1.82) is 0 Å². The lowest BCUT2D eigenvalue weighted by Gasteiger charge is -2.02. The van der Waals surface area contributed by atoms with Gasteiger partial charge in [0.15, 0.2) is 0 Å². The van der Waals surface area contributed by atoms with Crippen LogP contribution >= 0.6 is 11.9 Å². The molecule has 0 bridgehead atoms. The minimum atomic E-state index is -0.613. The maximum atomic E-state index is 10.7. The number of methoxy groups -OCH3 is 1. The van der Waals surface area contributed by atoms with Crippen molar-refractivity contribution in [1.82, 2.24) is 0 Å². The molecule has 0 fully saturated rings. The smallest absolute Gasteiger partial charge is 0.349 e. The molecular formula is C10H9ClO3. The average molecular weight is 213 g/mol. The Morgan fingerprint density at radius 1 is 1.43 bits per heavy atom. The summed E-state index contributed by atoms with van der Waals surface area (Å²) < 4.78 is 9.03. The molecular weight excluding hydrogens is 204 g/mol. The Kier molecular flexibility index (Phi) is 4.01. The zero-order valence-corrected chi connectivity index (χ0v) is 8.32. The summed E-state index contributed by atoms with van der Waals surface area (Å²) in [4.78, 5) is 10.7. The van der Waals surface area contributed by atoms with Crippen LogP contribution in [0.25, 0.3) is 6.08 Å². The molecule has 0 unspecified atom stereocenters. The molecule has 1 aromatic rings. The van der Waals surface area contributed by atoms with Crippen molar-refractivity contribution in [3.63, 3.8) is 0 Å². The second-order valence-corrected chi connectivity index (χ2v) is 2.63. The number of ether oxygens (including phenoxy) is 1. The van der Waals surface area contributed by atoms with Crippen LogP contribution in [0.3, 0.4) is 0 Å². The molecule has 0 aliphatic heterocycles. The molecule has 0 atom stereocenters. The summed E-state index contributed by atoms with van der Waals surface area (Å²) in [6.45, 7) is 0. The van der Waals surface area contributed by atoms with Crippen LogP contribution < -0.4 is 4.74 Å². The second kappa shape index (κ2) is 5.29. The number of hydrogen-bond acceptors (Lipinski definition) is 3. The lowest BCUT2D eigenvalue weighted by Crippen LogP contribution is -1.90. The van der Waals surface area contributed by atoms with Crippen LogP contribution in [0.1, 0.15) is 5.56 Å². The van der Waals surface area contributed by atoms with Crippen molar-refractivity contribution in [3.05, 3.63) is 35.9 Å². The molecule has 0 spiro atoms. The molecule has 0 radical (unpaired) electrons. The number of hydrogen-bond donors (Lipinski definition) is 0. The largest absolute Gasteiger partial charge is 0.496 e. The first-order chi connectivity index (χ1) is 6.77. The van der Waals surface area contributed by atoms with Crippen molar-refractivity contribution in [3.8, 4) is 5.75 Å². The number of rotatable bonds is 3. The minimum Gasteiger partial charge on any atom is -0.496 e. The summed E-state index contributed by atoms with van der Waals surface area (Å²) in [5, 5.41) is 0. The van der Waals surface area contributed by atoms with E-state index in [2.05, 4.69) is 4.29 Å². The van der Waals surface area contributed by atoms with E-state index in [-0.39, 0.29) is 0 Å². The molecule has 0 amide bonds. The van der Waals surface area contributed by atoms with Crippen molar-refractivity contribution < 1.29 is 13.8 Å². The maximum Gasteiger partial charge on any atom is 0.349 e. The Hall–Kier alpha value is -1.48. The van der Waals surface area contributed by atoms with Crippen LogP contribution in [0.2, 0.25) is 0 Å². The zero-order chi connectivity index (χ0) is 10.4. The SMILES string of the molecule is COc1ccccc1/C=C/C(=O)OCl. The van der Waals surface area contributed by atoms with E-state index in [0.717, 1.165) is 5.56 Å². The Bertz CT molecular complexity index is 347. The fourth-order valence-corrected chi connectivity index (χ4v) is 1.04. The Labute approximate surface area is 87.1 Å². The number of carbonyl (C=O) groups excluding carboxylic acids is 1. The molecule has 74 valence electrons. The third kappa shape index (κ3) is 2.78. The predicted molar refractivity (Wildman–Crippen MR) is 54.0 cm³/mol. The lowest BCUT2D eigenvalue weighted by molar-refractivity contribution is -0.128. The van der Waals surface area contributed by atoms with Gasteiger partial charge < -0.3 is 9.03 Å². The Balaban J connectivity index is 2.85. The molecule has 0 aliphatic carbocycles. The number of halogens is 1. The summed E-state index contributed by atoms with van der Waals surface area (Å²) >= 11 is 4.86. The second-order valence-electron chi connectivity index (χ2n) is 2.47. The molecule has 4 heteroatoms. The van der Waals surface area contributed by atoms with Crippen molar-refractivity contribution in [2.75, 3.05) is 7.11 Å². The van der Waals surface area contributed by atoms with E-state index in [9.17, 15) is 4.79 Å². The molecule has 0 N–H and O–H groups in total. The number of para-hydroxylation sites is 1. The monoisotopic (exact) mass is 212 g/mol. The van der Waals surface area contributed by atoms with Crippen LogP contribution in [0.15, 0.2) is 30.3 Å². The topological polar surface area (TPSA) is 35.5 Å². The zero-order valence-electron chi connectivity index (χ0n) is 7.57. The normalized spacial score (nSPS) is 10.1. The highest BCUT2D eigenvalue weighted by atomic mass is 35.5. The number of carbonyl (C=O) groups is 1. The van der Waals surface area contributed by atoms with Gasteiger partial charge in [0.25, 0.3) is 0 Å². The standard InChI is InChI=1S/C10H9ClO3/c1-13-9-5-3-2-4-8(9)6-7-10(12)14-11/h2-7H,1H3/b7-6+. The molecule has 0 saturated carbocycles. The molecule has 14 heavy (non-hydrogen) atoms. The highest BCUT2D eigenvalue weighted by Gasteiger charge is 1.98. The fraction of sp³-hybridized carbons (Fsp3) is 0.100. The minimum absolute atomic E-state index is 0.613. The third-order valence-corrected chi connectivity index (χ3v) is 1.77. The average Bonchev–Trinajstić information content (AvgIpc) is 2.26. The molecule has 0 aliphatic rings. The molecule has 3 nitrogen and oxygen atoms in total. The van der Waals surface area contributed by atoms with E-state index in [4.69, 9.17) is 16.6 Å². The number of benzene rings is 1. The van der Waals surface area contributed by atoms with Crippen molar-refractivity contribution in [2.45, 2.75) is 0 Å². The van der Waals surface area contributed by atoms with E-state index in [0.29, 0.717) is 5.75 Å². The van der Waals surface area contributed by atoms with E-state index in [1.807, 2.05) is 18.2 Å². The summed E-state index contributed by atoms with van der Waals surface area (Å²) in [6, 6.07) is 7.30. The Morgan fingerprint density at radius 3 is 2.79 bits per heavy atom. The quantitative estimate of drug-likeness (QED) is 0.722. The van der Waals surface area contributed by atoms with E-state index >= 15 is 0 Å². The van der Waals surface area contributed by atoms with Gasteiger partial charge in [-0.3, -0.25) is 0 Å². The van der Waals surface area contributed by atoms with Gasteiger partial charge in [0.2, 0.25) is 0 Å². The lowest BCUT2D eigenvalue weighted by atomic mass is 10.2. The van der Waals surface area contributed by atoms with Crippen LogP contribution in [-0.4, -0.2) is 13.1 Å². The van der Waals surface area contributed by atoms with E-state index in [1.165, 1.54) is 6.08 Å². The molecule has 0 aromatic heterocycles. The first-order valence-electron chi connectivity index (χ1n) is 3.91. The van der Waals surface area contributed by atoms with Gasteiger partial charge >= 0.3 is 5.97 Å². The van der Waals surface area contributed by atoms with Crippen molar-refractivity contribution >= 4 is 23.9 Å². The molecule has 1 rings (SSSR count). The highest BCUT2D eigenvalue weighted by molar-refractivity contribution is 6.15. The van der Waals surface area contributed by atoms with Gasteiger partial charge in [0, 0.05) is 11.6 Å². The Morgan fingerprint density at radius 2 is 2.14 bits per heavy atom. The summed E-state index contributed by atoms with van der Waals surface area (Å²) in [5.74, 6) is 0.0729. The summed E-state index contributed by atoms with van der Waals surface area (Å²) in [7, 11) is 1.56.